The summed E-state index contributed by atoms with van der Waals surface area (Å²) in [4.78, 5) is 1.52. The molecule has 0 unspecified atom stereocenters. The summed E-state index contributed by atoms with van der Waals surface area (Å²) < 4.78 is 84.3. The van der Waals surface area contributed by atoms with Crippen molar-refractivity contribution in [2.24, 2.45) is 0 Å². The number of alkyl halides is 6. The number of nitrogens with zero attached hydrogens (tertiary/aromatic N) is 2. The number of para-hydroxylation sites is 1. The minimum atomic E-state index is -4.61. The van der Waals surface area contributed by atoms with E-state index in [-0.39, 0.29) is 11.4 Å². The van der Waals surface area contributed by atoms with Gasteiger partial charge in [-0.25, -0.2) is 0 Å². The zero-order valence-corrected chi connectivity index (χ0v) is 34.9. The lowest BCUT2D eigenvalue weighted by Crippen LogP contribution is -2.13. The van der Waals surface area contributed by atoms with Crippen LogP contribution in [0.4, 0.5) is 43.4 Å². The molecule has 8 heteroatoms. The predicted molar refractivity (Wildman–Crippen MR) is 257 cm³/mol. The second-order valence-electron chi connectivity index (χ2n) is 16.3. The summed E-state index contributed by atoms with van der Waals surface area (Å²) in [7, 11) is 0. The lowest BCUT2D eigenvalue weighted by molar-refractivity contribution is -0.138. The first-order valence-corrected chi connectivity index (χ1v) is 21.4. The first kappa shape index (κ1) is 40.7. The summed E-state index contributed by atoms with van der Waals surface area (Å²) in [6.07, 6.45) is -9.18. The van der Waals surface area contributed by atoms with E-state index >= 15 is 0 Å². The highest BCUT2D eigenvalue weighted by atomic mass is 19.4. The molecule has 0 saturated heterocycles. The fraction of sp³-hybridized carbons (Fsp3) is 0.0345. The van der Waals surface area contributed by atoms with Gasteiger partial charge in [0.15, 0.2) is 0 Å². The van der Waals surface area contributed by atoms with Crippen LogP contribution in [0.5, 0.6) is 0 Å². The SMILES string of the molecule is FC(F)(F)c1ccc(N(c2ccc(-c3ccc4c(c3)c3ccccc3n4-c3ccc(-c4c5ccccc5c(-c5ccccc5)c5ccccc45)cc3)cc2)c2cccc(C(F)(F)F)c2)cc1. The minimum absolute atomic E-state index is 0.155. The van der Waals surface area contributed by atoms with Gasteiger partial charge in [0.2, 0.25) is 0 Å². The molecular formula is C58H36F6N2. The molecule has 0 aliphatic rings. The Morgan fingerprint density at radius 2 is 0.773 bits per heavy atom. The molecule has 0 aliphatic carbocycles. The van der Waals surface area contributed by atoms with Crippen LogP contribution in [0.3, 0.4) is 0 Å². The number of rotatable bonds is 7. The van der Waals surface area contributed by atoms with Gasteiger partial charge in [0.1, 0.15) is 0 Å². The summed E-state index contributed by atoms with van der Waals surface area (Å²) in [6.45, 7) is 0. The Morgan fingerprint density at radius 1 is 0.303 bits per heavy atom. The van der Waals surface area contributed by atoms with Crippen molar-refractivity contribution in [3.63, 3.8) is 0 Å². The average Bonchev–Trinajstić information content (AvgIpc) is 3.67. The molecule has 320 valence electrons. The van der Waals surface area contributed by atoms with Gasteiger partial charge in [-0.1, -0.05) is 133 Å². The molecule has 0 fully saturated rings. The van der Waals surface area contributed by atoms with Crippen LogP contribution in [-0.2, 0) is 12.4 Å². The van der Waals surface area contributed by atoms with E-state index in [4.69, 9.17) is 0 Å². The van der Waals surface area contributed by atoms with Crippen molar-refractivity contribution in [2.45, 2.75) is 12.4 Å². The Labute approximate surface area is 375 Å². The van der Waals surface area contributed by atoms with Crippen molar-refractivity contribution in [3.8, 4) is 39.1 Å². The molecule has 11 aromatic rings. The third-order valence-corrected chi connectivity index (χ3v) is 12.4. The number of halogens is 6. The molecule has 0 amide bonds. The van der Waals surface area contributed by atoms with E-state index in [1.54, 1.807) is 12.1 Å². The van der Waals surface area contributed by atoms with Crippen molar-refractivity contribution in [1.29, 1.82) is 0 Å². The second kappa shape index (κ2) is 15.9. The summed E-state index contributed by atoms with van der Waals surface area (Å²) in [5.41, 5.74) is 8.73. The highest BCUT2D eigenvalue weighted by Gasteiger charge is 2.32. The Kier molecular flexibility index (Phi) is 9.77. The molecule has 66 heavy (non-hydrogen) atoms. The van der Waals surface area contributed by atoms with Crippen molar-refractivity contribution >= 4 is 60.4 Å². The molecule has 1 aromatic heterocycles. The summed E-state index contributed by atoms with van der Waals surface area (Å²) in [5.74, 6) is 0. The molecule has 0 radical (unpaired) electrons. The molecule has 0 atom stereocenters. The smallest absolute Gasteiger partial charge is 0.310 e. The van der Waals surface area contributed by atoms with Gasteiger partial charge >= 0.3 is 12.4 Å². The zero-order chi connectivity index (χ0) is 45.2. The van der Waals surface area contributed by atoms with E-state index < -0.39 is 23.5 Å². The molecule has 11 rings (SSSR count). The fourth-order valence-electron chi connectivity index (χ4n) is 9.43. The van der Waals surface area contributed by atoms with Crippen molar-refractivity contribution in [1.82, 2.24) is 4.57 Å². The van der Waals surface area contributed by atoms with E-state index in [1.165, 1.54) is 67.4 Å². The quantitative estimate of drug-likeness (QED) is 0.114. The maximum Gasteiger partial charge on any atom is 0.416 e. The highest BCUT2D eigenvalue weighted by Crippen LogP contribution is 2.45. The van der Waals surface area contributed by atoms with E-state index in [9.17, 15) is 26.3 Å². The minimum Gasteiger partial charge on any atom is -0.310 e. The van der Waals surface area contributed by atoms with Crippen LogP contribution in [0.25, 0.3) is 82.4 Å². The van der Waals surface area contributed by atoms with Gasteiger partial charge in [-0.15, -0.1) is 0 Å². The van der Waals surface area contributed by atoms with Gasteiger partial charge < -0.3 is 9.47 Å². The normalized spacial score (nSPS) is 12.1. The zero-order valence-electron chi connectivity index (χ0n) is 34.9. The van der Waals surface area contributed by atoms with Gasteiger partial charge in [0.05, 0.1) is 22.2 Å². The molecule has 0 bridgehead atoms. The third-order valence-electron chi connectivity index (χ3n) is 12.4. The van der Waals surface area contributed by atoms with Crippen LogP contribution in [0.15, 0.2) is 218 Å². The third kappa shape index (κ3) is 7.11. The second-order valence-corrected chi connectivity index (χ2v) is 16.3. The van der Waals surface area contributed by atoms with Crippen LogP contribution in [0.2, 0.25) is 0 Å². The maximum absolute atomic E-state index is 13.9. The average molecular weight is 875 g/mol. The van der Waals surface area contributed by atoms with Crippen molar-refractivity contribution < 1.29 is 26.3 Å². The van der Waals surface area contributed by atoms with Gasteiger partial charge in [0, 0.05) is 33.5 Å². The summed E-state index contributed by atoms with van der Waals surface area (Å²) in [6, 6.07) is 67.6. The number of hydrogen-bond donors (Lipinski definition) is 0. The number of fused-ring (bicyclic) bond motifs is 5. The van der Waals surface area contributed by atoms with Crippen LogP contribution in [0.1, 0.15) is 11.1 Å². The number of aromatic nitrogens is 1. The van der Waals surface area contributed by atoms with E-state index in [0.717, 1.165) is 68.4 Å². The Bertz CT molecular complexity index is 3530. The van der Waals surface area contributed by atoms with Gasteiger partial charge in [-0.3, -0.25) is 0 Å². The maximum atomic E-state index is 13.9. The molecule has 10 aromatic carbocycles. The lowest BCUT2D eigenvalue weighted by Gasteiger charge is -2.26. The van der Waals surface area contributed by atoms with Gasteiger partial charge in [-0.05, 0) is 140 Å². The molecular weight excluding hydrogens is 839 g/mol. The molecule has 1 heterocycles. The van der Waals surface area contributed by atoms with Crippen molar-refractivity contribution in [2.75, 3.05) is 4.90 Å². The van der Waals surface area contributed by atoms with Gasteiger partial charge in [0.25, 0.3) is 0 Å². The molecule has 0 aliphatic heterocycles. The molecule has 0 saturated carbocycles. The molecule has 2 nitrogen and oxygen atoms in total. The standard InChI is InChI=1S/C58H36F6N2/c59-57(60,61)41-26-32-44(33-27-41)65(46-14-10-13-42(36-46)58(62,63)64)43-28-21-37(22-29-43)40-25-34-54-52(35-40)47-15-8-9-20-53(47)66(54)45-30-23-39(24-31-45)56-50-18-6-4-16-48(50)55(38-11-2-1-3-12-38)49-17-5-7-19-51(49)56/h1-36H. The number of hydrogen-bond acceptors (Lipinski definition) is 1. The van der Waals surface area contributed by atoms with Gasteiger partial charge in [-0.2, -0.15) is 26.3 Å². The van der Waals surface area contributed by atoms with E-state index in [0.29, 0.717) is 5.69 Å². The number of anilines is 3. The monoisotopic (exact) mass is 874 g/mol. The Hall–Kier alpha value is -8.10. The lowest BCUT2D eigenvalue weighted by atomic mass is 9.86. The van der Waals surface area contributed by atoms with Crippen molar-refractivity contribution in [3.05, 3.63) is 230 Å². The van der Waals surface area contributed by atoms with Crippen LogP contribution < -0.4 is 4.90 Å². The fourth-order valence-corrected chi connectivity index (χ4v) is 9.43. The molecule has 0 N–H and O–H groups in total. The largest absolute Gasteiger partial charge is 0.416 e. The van der Waals surface area contributed by atoms with Crippen LogP contribution in [-0.4, -0.2) is 4.57 Å². The topological polar surface area (TPSA) is 8.17 Å². The molecule has 0 spiro atoms. The summed E-state index contributed by atoms with van der Waals surface area (Å²) >= 11 is 0. The Morgan fingerprint density at radius 3 is 1.35 bits per heavy atom. The Balaban J connectivity index is 0.973. The highest BCUT2D eigenvalue weighted by molar-refractivity contribution is 6.21. The summed E-state index contributed by atoms with van der Waals surface area (Å²) in [5, 5.41) is 6.87. The van der Waals surface area contributed by atoms with Crippen LogP contribution >= 0.6 is 0 Å². The number of benzene rings is 10. The first-order valence-electron chi connectivity index (χ1n) is 21.4. The first-order chi connectivity index (χ1) is 32.0. The predicted octanol–water partition coefficient (Wildman–Crippen LogP) is 17.6. The van der Waals surface area contributed by atoms with Crippen LogP contribution in [0, 0.1) is 0 Å². The van der Waals surface area contributed by atoms with E-state index in [1.807, 2.05) is 36.4 Å². The van der Waals surface area contributed by atoms with E-state index in [2.05, 4.69) is 126 Å².